The van der Waals surface area contributed by atoms with E-state index in [0.717, 1.165) is 0 Å². The van der Waals surface area contributed by atoms with Gasteiger partial charge in [-0.15, -0.1) is 0 Å². The molecule has 0 N–H and O–H groups in total. The van der Waals surface area contributed by atoms with E-state index in [-0.39, 0.29) is 23.3 Å². The van der Waals surface area contributed by atoms with Crippen molar-refractivity contribution in [3.8, 4) is 5.75 Å². The van der Waals surface area contributed by atoms with E-state index < -0.39 is 4.92 Å². The second kappa shape index (κ2) is 5.37. The molecule has 0 unspecified atom stereocenters. The first-order valence-electron chi connectivity index (χ1n) is 4.85. The first kappa shape index (κ1) is 12.2. The van der Waals surface area contributed by atoms with Gasteiger partial charge in [0.15, 0.2) is 0 Å². The predicted octanol–water partition coefficient (Wildman–Crippen LogP) is 2.01. The van der Waals surface area contributed by atoms with Crippen LogP contribution >= 0.6 is 11.6 Å². The fraction of sp³-hybridized carbons (Fsp3) is 0.100. The minimum Gasteiger partial charge on any atom is -0.479 e. The molecule has 18 heavy (non-hydrogen) atoms. The standard InChI is InChI=1S/C10H7ClN4O3/c11-9-5-13-7(4-14-9)6-18-8-2-1-3-12-10(8)15(16)17/h1-5H,6H2. The molecule has 0 saturated carbocycles. The third kappa shape index (κ3) is 2.89. The molecule has 0 aromatic carbocycles. The van der Waals surface area contributed by atoms with Crippen molar-refractivity contribution in [1.29, 1.82) is 0 Å². The van der Waals surface area contributed by atoms with Gasteiger partial charge >= 0.3 is 5.82 Å². The Morgan fingerprint density at radius 3 is 2.83 bits per heavy atom. The number of aromatic nitrogens is 3. The summed E-state index contributed by atoms with van der Waals surface area (Å²) < 4.78 is 5.27. The van der Waals surface area contributed by atoms with Gasteiger partial charge in [-0.05, 0) is 22.0 Å². The molecule has 0 fully saturated rings. The zero-order valence-electron chi connectivity index (χ0n) is 8.99. The lowest BCUT2D eigenvalue weighted by Crippen LogP contribution is -2.02. The highest BCUT2D eigenvalue weighted by Crippen LogP contribution is 2.23. The lowest BCUT2D eigenvalue weighted by atomic mass is 10.4. The molecule has 2 rings (SSSR count). The van der Waals surface area contributed by atoms with E-state index in [9.17, 15) is 10.1 Å². The van der Waals surface area contributed by atoms with Crippen LogP contribution in [0.2, 0.25) is 5.15 Å². The number of pyridine rings is 1. The van der Waals surface area contributed by atoms with Gasteiger partial charge in [0.05, 0.1) is 18.1 Å². The molecule has 2 aromatic rings. The normalized spacial score (nSPS) is 10.1. The highest BCUT2D eigenvalue weighted by molar-refractivity contribution is 6.29. The van der Waals surface area contributed by atoms with Gasteiger partial charge in [0, 0.05) is 0 Å². The predicted molar refractivity (Wildman–Crippen MR) is 62.3 cm³/mol. The Morgan fingerprint density at radius 1 is 1.33 bits per heavy atom. The number of hydrogen-bond donors (Lipinski definition) is 0. The molecule has 0 bridgehead atoms. The number of ether oxygens (including phenoxy) is 1. The van der Waals surface area contributed by atoms with Crippen LogP contribution < -0.4 is 4.74 Å². The maximum atomic E-state index is 10.7. The van der Waals surface area contributed by atoms with Crippen molar-refractivity contribution in [2.45, 2.75) is 6.61 Å². The Bertz CT molecular complexity index is 561. The summed E-state index contributed by atoms with van der Waals surface area (Å²) >= 11 is 5.58. The molecule has 0 radical (unpaired) electrons. The summed E-state index contributed by atoms with van der Waals surface area (Å²) in [5, 5.41) is 11.0. The van der Waals surface area contributed by atoms with Crippen molar-refractivity contribution >= 4 is 17.4 Å². The molecule has 92 valence electrons. The maximum absolute atomic E-state index is 10.7. The zero-order valence-corrected chi connectivity index (χ0v) is 9.74. The Morgan fingerprint density at radius 2 is 2.17 bits per heavy atom. The molecule has 2 aromatic heterocycles. The van der Waals surface area contributed by atoms with Gasteiger partial charge in [-0.3, -0.25) is 4.98 Å². The van der Waals surface area contributed by atoms with E-state index in [0.29, 0.717) is 5.69 Å². The molecule has 0 aliphatic carbocycles. The van der Waals surface area contributed by atoms with Crippen LogP contribution in [0.5, 0.6) is 5.75 Å². The maximum Gasteiger partial charge on any atom is 0.406 e. The smallest absolute Gasteiger partial charge is 0.406 e. The van der Waals surface area contributed by atoms with Gasteiger partial charge in [0.1, 0.15) is 18.0 Å². The van der Waals surface area contributed by atoms with Gasteiger partial charge < -0.3 is 14.9 Å². The summed E-state index contributed by atoms with van der Waals surface area (Å²) in [4.78, 5) is 21.5. The second-order valence-electron chi connectivity index (χ2n) is 3.20. The molecule has 2 heterocycles. The van der Waals surface area contributed by atoms with Crippen molar-refractivity contribution in [2.75, 3.05) is 0 Å². The molecule has 8 heteroatoms. The number of hydrogen-bond acceptors (Lipinski definition) is 6. The topological polar surface area (TPSA) is 91.0 Å². The minimum atomic E-state index is -0.608. The molecule has 7 nitrogen and oxygen atoms in total. The van der Waals surface area contributed by atoms with Crippen LogP contribution in [0, 0.1) is 10.1 Å². The second-order valence-corrected chi connectivity index (χ2v) is 3.59. The molecule has 0 aliphatic rings. The summed E-state index contributed by atoms with van der Waals surface area (Å²) in [5.74, 6) is -0.251. The summed E-state index contributed by atoms with van der Waals surface area (Å²) in [7, 11) is 0. The zero-order chi connectivity index (χ0) is 13.0. The van der Waals surface area contributed by atoms with Gasteiger partial charge in [0.2, 0.25) is 5.75 Å². The van der Waals surface area contributed by atoms with Crippen molar-refractivity contribution in [2.24, 2.45) is 0 Å². The summed E-state index contributed by atoms with van der Waals surface area (Å²) in [6, 6.07) is 3.02. The first-order valence-corrected chi connectivity index (χ1v) is 5.23. The fourth-order valence-electron chi connectivity index (χ4n) is 1.20. The van der Waals surface area contributed by atoms with Crippen molar-refractivity contribution in [3.05, 3.63) is 51.7 Å². The van der Waals surface area contributed by atoms with E-state index >= 15 is 0 Å². The summed E-state index contributed by atoms with van der Waals surface area (Å²) in [5.41, 5.74) is 0.512. The third-order valence-electron chi connectivity index (χ3n) is 1.97. The Labute approximate surface area is 107 Å². The number of halogens is 1. The highest BCUT2D eigenvalue weighted by atomic mass is 35.5. The van der Waals surface area contributed by atoms with E-state index in [1.54, 1.807) is 6.07 Å². The largest absolute Gasteiger partial charge is 0.479 e. The summed E-state index contributed by atoms with van der Waals surface area (Å²) in [6.45, 7) is 0.0523. The summed E-state index contributed by atoms with van der Waals surface area (Å²) in [6.07, 6.45) is 4.13. The van der Waals surface area contributed by atoms with Crippen LogP contribution in [0.25, 0.3) is 0 Å². The van der Waals surface area contributed by atoms with Crippen molar-refractivity contribution < 1.29 is 9.66 Å². The van der Waals surface area contributed by atoms with Gasteiger partial charge in [-0.1, -0.05) is 11.6 Å². The SMILES string of the molecule is O=[N+]([O-])c1ncccc1OCc1cnc(Cl)cn1. The van der Waals surface area contributed by atoms with E-state index in [1.807, 2.05) is 0 Å². The number of rotatable bonds is 4. The van der Waals surface area contributed by atoms with E-state index in [4.69, 9.17) is 16.3 Å². The molecule has 0 saturated heterocycles. The van der Waals surface area contributed by atoms with Crippen LogP contribution in [0.15, 0.2) is 30.7 Å². The minimum absolute atomic E-state index is 0.0523. The Hall–Kier alpha value is -2.28. The monoisotopic (exact) mass is 266 g/mol. The highest BCUT2D eigenvalue weighted by Gasteiger charge is 2.15. The van der Waals surface area contributed by atoms with Gasteiger partial charge in [0.25, 0.3) is 0 Å². The average Bonchev–Trinajstić information content (AvgIpc) is 2.38. The van der Waals surface area contributed by atoms with Crippen molar-refractivity contribution in [1.82, 2.24) is 15.0 Å². The molecule has 0 aliphatic heterocycles. The first-order chi connectivity index (χ1) is 8.66. The van der Waals surface area contributed by atoms with Crippen LogP contribution in [-0.2, 0) is 6.61 Å². The van der Waals surface area contributed by atoms with Crippen LogP contribution in [-0.4, -0.2) is 19.9 Å². The Kier molecular flexibility index (Phi) is 3.63. The lowest BCUT2D eigenvalue weighted by molar-refractivity contribution is -0.390. The molecular weight excluding hydrogens is 260 g/mol. The lowest BCUT2D eigenvalue weighted by Gasteiger charge is -2.05. The molecule has 0 amide bonds. The quantitative estimate of drug-likeness (QED) is 0.621. The van der Waals surface area contributed by atoms with E-state index in [2.05, 4.69) is 15.0 Å². The molecular formula is C10H7ClN4O3. The van der Waals surface area contributed by atoms with E-state index in [1.165, 1.54) is 24.7 Å². The van der Waals surface area contributed by atoms with Crippen LogP contribution in [0.1, 0.15) is 5.69 Å². The Balaban J connectivity index is 2.10. The number of nitrogens with zero attached hydrogens (tertiary/aromatic N) is 4. The molecule has 0 atom stereocenters. The molecule has 0 spiro atoms. The van der Waals surface area contributed by atoms with Gasteiger partial charge in [-0.25, -0.2) is 4.98 Å². The van der Waals surface area contributed by atoms with Crippen LogP contribution in [0.4, 0.5) is 5.82 Å². The van der Waals surface area contributed by atoms with Crippen molar-refractivity contribution in [3.63, 3.8) is 0 Å². The third-order valence-corrected chi connectivity index (χ3v) is 2.17. The van der Waals surface area contributed by atoms with Gasteiger partial charge in [-0.2, -0.15) is 0 Å². The fourth-order valence-corrected chi connectivity index (χ4v) is 1.29. The number of nitro groups is 1. The van der Waals surface area contributed by atoms with Crippen LogP contribution in [0.3, 0.4) is 0 Å². The average molecular weight is 267 g/mol.